The van der Waals surface area contributed by atoms with E-state index in [9.17, 15) is 9.36 Å². The third-order valence-corrected chi connectivity index (χ3v) is 3.36. The monoisotopic (exact) mass is 285 g/mol. The van der Waals surface area contributed by atoms with Gasteiger partial charge in [0.2, 0.25) is 0 Å². The number of hydrogen-bond donors (Lipinski definition) is 0. The van der Waals surface area contributed by atoms with Gasteiger partial charge in [-0.05, 0) is 38.1 Å². The number of rotatable bonds is 7. The maximum atomic E-state index is 11.5. The topological polar surface area (TPSA) is 61.8 Å². The molecule has 0 saturated heterocycles. The number of hydrogen-bond acceptors (Lipinski definition) is 5. The Morgan fingerprint density at radius 3 is 2.05 bits per heavy atom. The van der Waals surface area contributed by atoms with Crippen LogP contribution in [0, 0.1) is 0 Å². The van der Waals surface area contributed by atoms with Crippen LogP contribution in [0.2, 0.25) is 0 Å². The van der Waals surface area contributed by atoms with Gasteiger partial charge in [0.05, 0.1) is 31.5 Å². The van der Waals surface area contributed by atoms with E-state index in [1.165, 1.54) is 7.11 Å². The molecule has 0 radical (unpaired) electrons. The summed E-state index contributed by atoms with van der Waals surface area (Å²) in [6.45, 7) is 4.34. The molecular formula is C13H18O5P+. The minimum Gasteiger partial charge on any atom is -0.465 e. The largest absolute Gasteiger partial charge is 0.465 e. The van der Waals surface area contributed by atoms with Crippen molar-refractivity contribution in [3.8, 4) is 0 Å². The lowest BCUT2D eigenvalue weighted by Crippen LogP contribution is -2.27. The van der Waals surface area contributed by atoms with Gasteiger partial charge in [-0.1, -0.05) is 4.57 Å². The molecule has 1 rings (SSSR count). The molecule has 0 aliphatic carbocycles. The van der Waals surface area contributed by atoms with E-state index in [1.807, 2.05) is 0 Å². The van der Waals surface area contributed by atoms with Crippen LogP contribution < -0.4 is 0 Å². The number of carbonyl (C=O) groups is 1. The zero-order chi connectivity index (χ0) is 14.3. The van der Waals surface area contributed by atoms with Crippen molar-refractivity contribution >= 4 is 14.4 Å². The number of ether oxygens (including phenoxy) is 3. The fraction of sp³-hybridized carbons (Fsp3) is 0.462. The Labute approximate surface area is 114 Å². The van der Waals surface area contributed by atoms with E-state index in [4.69, 9.17) is 9.47 Å². The van der Waals surface area contributed by atoms with Crippen LogP contribution in [0.3, 0.4) is 0 Å². The predicted octanol–water partition coefficient (Wildman–Crippen LogP) is 2.68. The molecule has 1 aromatic rings. The van der Waals surface area contributed by atoms with Crippen LogP contribution in [-0.2, 0) is 24.3 Å². The second-order valence-electron chi connectivity index (χ2n) is 3.65. The summed E-state index contributed by atoms with van der Waals surface area (Å²) in [6, 6.07) is 6.49. The van der Waals surface area contributed by atoms with Gasteiger partial charge < -0.3 is 14.2 Å². The summed E-state index contributed by atoms with van der Waals surface area (Å²) >= 11 is 0. The van der Waals surface area contributed by atoms with Crippen LogP contribution in [0.15, 0.2) is 24.3 Å². The molecule has 0 heterocycles. The molecule has 0 aromatic heterocycles. The molecule has 0 fully saturated rings. The number of esters is 1. The number of benzene rings is 1. The third kappa shape index (κ3) is 3.60. The van der Waals surface area contributed by atoms with Crippen LogP contribution in [0.25, 0.3) is 0 Å². The molecule has 0 N–H and O–H groups in total. The normalized spacial score (nSPS) is 11.5. The van der Waals surface area contributed by atoms with Crippen LogP contribution >= 0.6 is 8.46 Å². The summed E-state index contributed by atoms with van der Waals surface area (Å²) in [6.07, 6.45) is 0. The summed E-state index contributed by atoms with van der Waals surface area (Å²) in [5.74, 6) is -0.422. The number of carbonyl (C=O) groups excluding carboxylic acids is 1. The maximum absolute atomic E-state index is 11.5. The molecule has 5 nitrogen and oxygen atoms in total. The van der Waals surface area contributed by atoms with Crippen LogP contribution in [0.5, 0.6) is 0 Å². The average Bonchev–Trinajstić information content (AvgIpc) is 2.46. The molecular weight excluding hydrogens is 267 g/mol. The van der Waals surface area contributed by atoms with Gasteiger partial charge in [-0.2, -0.15) is 0 Å². The smallest absolute Gasteiger partial charge is 0.400 e. The lowest BCUT2D eigenvalue weighted by atomic mass is 10.1. The van der Waals surface area contributed by atoms with E-state index in [-0.39, 0.29) is 0 Å². The Kier molecular flexibility index (Phi) is 6.09. The van der Waals surface area contributed by atoms with Crippen LogP contribution in [-0.4, -0.2) is 26.3 Å². The minimum absolute atomic E-state index is 0.369. The first-order chi connectivity index (χ1) is 9.13. The van der Waals surface area contributed by atoms with Crippen molar-refractivity contribution in [3.05, 3.63) is 35.4 Å². The zero-order valence-electron chi connectivity index (χ0n) is 11.3. The van der Waals surface area contributed by atoms with E-state index in [2.05, 4.69) is 4.74 Å². The van der Waals surface area contributed by atoms with E-state index in [0.29, 0.717) is 24.3 Å². The quantitative estimate of drug-likeness (QED) is 0.438. The molecule has 0 bridgehead atoms. The molecule has 19 heavy (non-hydrogen) atoms. The maximum Gasteiger partial charge on any atom is 0.400 e. The highest BCUT2D eigenvalue weighted by molar-refractivity contribution is 7.24. The molecule has 0 spiro atoms. The van der Waals surface area contributed by atoms with Gasteiger partial charge in [-0.3, -0.25) is 0 Å². The Bertz CT molecular complexity index is 423. The standard InChI is InChI=1S/C13H17O5P/c1-4-17-13(19-15,18-5-2)11-8-6-10(7-9-11)12(14)16-3/h6-9H,4-5H2,1-3H3/p+1. The first-order valence-corrected chi connectivity index (χ1v) is 6.90. The number of methoxy groups -OCH3 is 1. The van der Waals surface area contributed by atoms with Gasteiger partial charge in [-0.15, -0.1) is 0 Å². The van der Waals surface area contributed by atoms with E-state index < -0.39 is 20.0 Å². The summed E-state index contributed by atoms with van der Waals surface area (Å²) in [5.41, 5.74) is -0.238. The van der Waals surface area contributed by atoms with Crippen molar-refractivity contribution in [3.63, 3.8) is 0 Å². The van der Waals surface area contributed by atoms with Gasteiger partial charge in [0.25, 0.3) is 0 Å². The minimum atomic E-state index is -1.27. The Morgan fingerprint density at radius 1 is 1.16 bits per heavy atom. The van der Waals surface area contributed by atoms with Crippen molar-refractivity contribution < 1.29 is 23.6 Å². The second kappa shape index (κ2) is 7.34. The Balaban J connectivity index is 3.09. The molecule has 1 aromatic carbocycles. The van der Waals surface area contributed by atoms with Crippen LogP contribution in [0.1, 0.15) is 29.8 Å². The fourth-order valence-corrected chi connectivity index (χ4v) is 2.37. The van der Waals surface area contributed by atoms with E-state index in [0.717, 1.165) is 0 Å². The van der Waals surface area contributed by atoms with Gasteiger partial charge >= 0.3 is 20.0 Å². The predicted molar refractivity (Wildman–Crippen MR) is 71.7 cm³/mol. The van der Waals surface area contributed by atoms with Crippen molar-refractivity contribution in [1.82, 2.24) is 0 Å². The molecule has 1 atom stereocenters. The third-order valence-electron chi connectivity index (χ3n) is 2.52. The molecule has 0 saturated carbocycles. The first-order valence-electron chi connectivity index (χ1n) is 5.99. The lowest BCUT2D eigenvalue weighted by Gasteiger charge is -2.20. The Hall–Kier alpha value is -1.29. The molecule has 6 heteroatoms. The molecule has 104 valence electrons. The van der Waals surface area contributed by atoms with Crippen molar-refractivity contribution in [2.24, 2.45) is 0 Å². The molecule has 1 unspecified atom stereocenters. The summed E-state index contributed by atoms with van der Waals surface area (Å²) < 4.78 is 27.1. The van der Waals surface area contributed by atoms with Gasteiger partial charge in [0.1, 0.15) is 0 Å². The van der Waals surface area contributed by atoms with Gasteiger partial charge in [0.15, 0.2) is 0 Å². The fourth-order valence-electron chi connectivity index (χ4n) is 1.68. The lowest BCUT2D eigenvalue weighted by molar-refractivity contribution is -0.176. The van der Waals surface area contributed by atoms with Crippen molar-refractivity contribution in [2.75, 3.05) is 20.3 Å². The highest BCUT2D eigenvalue weighted by Gasteiger charge is 2.43. The molecule has 0 amide bonds. The van der Waals surface area contributed by atoms with Crippen LogP contribution in [0.4, 0.5) is 0 Å². The van der Waals surface area contributed by atoms with Crippen molar-refractivity contribution in [1.29, 1.82) is 0 Å². The van der Waals surface area contributed by atoms with Crippen molar-refractivity contribution in [2.45, 2.75) is 19.4 Å². The summed E-state index contributed by atoms with van der Waals surface area (Å²) in [5, 5.41) is 0. The highest BCUT2D eigenvalue weighted by Crippen LogP contribution is 2.38. The summed E-state index contributed by atoms with van der Waals surface area (Å²) in [4.78, 5) is 11.4. The highest BCUT2D eigenvalue weighted by atomic mass is 31.1. The first kappa shape index (κ1) is 15.8. The second-order valence-corrected chi connectivity index (χ2v) is 4.52. The van der Waals surface area contributed by atoms with E-state index >= 15 is 0 Å². The SMILES string of the molecule is CCOC(OCC)([PH+]=O)c1ccc(C(=O)OC)cc1. The summed E-state index contributed by atoms with van der Waals surface area (Å²) in [7, 11) is 0.511. The van der Waals surface area contributed by atoms with Gasteiger partial charge in [-0.25, -0.2) is 4.79 Å². The molecule has 0 aliphatic heterocycles. The van der Waals surface area contributed by atoms with E-state index in [1.54, 1.807) is 38.1 Å². The van der Waals surface area contributed by atoms with Gasteiger partial charge in [0, 0.05) is 0 Å². The zero-order valence-corrected chi connectivity index (χ0v) is 12.3. The average molecular weight is 285 g/mol. The molecule has 0 aliphatic rings. The Morgan fingerprint density at radius 2 is 1.68 bits per heavy atom.